The van der Waals surface area contributed by atoms with Gasteiger partial charge in [-0.05, 0) is 0 Å². The fraction of sp³-hybridized carbons (Fsp3) is 0.0909. The van der Waals surface area contributed by atoms with Gasteiger partial charge in [-0.3, -0.25) is 0 Å². The molecule has 0 N–H and O–H groups in total. The van der Waals surface area contributed by atoms with Gasteiger partial charge in [0, 0.05) is 0 Å². The van der Waals surface area contributed by atoms with Gasteiger partial charge in [-0.15, -0.1) is 0 Å². The van der Waals surface area contributed by atoms with Crippen LogP contribution in [0.4, 0.5) is 0 Å². The van der Waals surface area contributed by atoms with Gasteiger partial charge in [0.05, 0.1) is 0 Å². The number of halogens is 2. The van der Waals surface area contributed by atoms with Gasteiger partial charge in [0.2, 0.25) is 0 Å². The molecule has 0 nitrogen and oxygen atoms in total. The Kier molecular flexibility index (Phi) is 5.04. The van der Waals surface area contributed by atoms with Crippen LogP contribution < -0.4 is 10.6 Å². The second-order valence-corrected chi connectivity index (χ2v) is 22.7. The van der Waals surface area contributed by atoms with E-state index in [0.29, 0.717) is 0 Å². The Labute approximate surface area is 165 Å². The first-order valence-corrected chi connectivity index (χ1v) is 15.4. The van der Waals surface area contributed by atoms with E-state index in [0.717, 1.165) is 0 Å². The maximum atomic E-state index is 7.77. The monoisotopic (exact) mass is 441 g/mol. The summed E-state index contributed by atoms with van der Waals surface area (Å²) >= 11 is 0. The van der Waals surface area contributed by atoms with E-state index < -0.39 is 16.1 Å². The van der Waals surface area contributed by atoms with Gasteiger partial charge in [-0.2, -0.15) is 0 Å². The van der Waals surface area contributed by atoms with Crippen molar-refractivity contribution in [2.24, 2.45) is 0 Å². The van der Waals surface area contributed by atoms with Crippen molar-refractivity contribution in [1.82, 2.24) is 0 Å². The van der Waals surface area contributed by atoms with Crippen LogP contribution in [0.15, 0.2) is 109 Å². The Bertz CT molecular complexity index is 805. The summed E-state index contributed by atoms with van der Waals surface area (Å²) in [4.78, 5) is 0.121. The number of benzene rings is 2. The van der Waals surface area contributed by atoms with Gasteiger partial charge in [0.25, 0.3) is 0 Å². The standard InChI is InChI=1S/C12H10P.2C5H5.2ClH.Fe/c1-3-7-11(8-4-1)13-12-9-5-2-6-10-12;2*1-2-4-5-3-1;;;/h1-10H;2*1-5H;2*1H;/q-1;;;;;+3/p-2. The van der Waals surface area contributed by atoms with Gasteiger partial charge in [0.15, 0.2) is 0 Å². The number of hydrogen-bond donors (Lipinski definition) is 0. The van der Waals surface area contributed by atoms with Crippen LogP contribution in [0, 0.1) is 0 Å². The van der Waals surface area contributed by atoms with Crippen LogP contribution in [0.3, 0.4) is 0 Å². The summed E-state index contributed by atoms with van der Waals surface area (Å²) in [7, 11) is 12.0. The van der Waals surface area contributed by atoms with Crippen molar-refractivity contribution in [2.45, 2.75) is 9.63 Å². The zero-order chi connectivity index (χ0) is 18.1. The quantitative estimate of drug-likeness (QED) is 0.351. The van der Waals surface area contributed by atoms with E-state index in [1.807, 2.05) is 12.1 Å². The number of rotatable bonds is 5. The average Bonchev–Trinajstić information content (AvgIpc) is 3.38. The molecule has 0 unspecified atom stereocenters. The molecule has 135 valence electrons. The maximum absolute atomic E-state index is 7.77. The first kappa shape index (κ1) is 18.3. The summed E-state index contributed by atoms with van der Waals surface area (Å²) < 4.78 is 0. The van der Waals surface area contributed by atoms with Crippen molar-refractivity contribution in [3.05, 3.63) is 109 Å². The third kappa shape index (κ3) is 2.97. The van der Waals surface area contributed by atoms with E-state index >= 15 is 0 Å². The van der Waals surface area contributed by atoms with Gasteiger partial charge in [-0.1, -0.05) is 0 Å². The molecule has 0 amide bonds. The third-order valence-electron chi connectivity index (χ3n) is 4.48. The van der Waals surface area contributed by atoms with Gasteiger partial charge >= 0.3 is 166 Å². The fourth-order valence-electron chi connectivity index (χ4n) is 3.26. The van der Waals surface area contributed by atoms with E-state index in [2.05, 4.69) is 97.1 Å². The number of hydrogen-bond acceptors (Lipinski definition) is 0. The molecule has 0 heterocycles. The summed E-state index contributed by atoms with van der Waals surface area (Å²) in [6.07, 6.45) is 17.0. The Balaban J connectivity index is 1.99. The second kappa shape index (κ2) is 7.16. The molecular formula is C22H20Cl2FeP. The zero-order valence-electron chi connectivity index (χ0n) is 14.1. The summed E-state index contributed by atoms with van der Waals surface area (Å²) in [6.45, 7) is -0.933. The normalized spacial score (nSPS) is 18.7. The Morgan fingerprint density at radius 3 is 1.27 bits per heavy atom. The minimum atomic E-state index is -3.50. The molecule has 2 aromatic rings. The molecule has 0 radical (unpaired) electrons. The van der Waals surface area contributed by atoms with Crippen LogP contribution in [-0.2, 0) is 9.52 Å². The van der Waals surface area contributed by atoms with E-state index in [9.17, 15) is 0 Å². The van der Waals surface area contributed by atoms with Gasteiger partial charge < -0.3 is 0 Å². The van der Waals surface area contributed by atoms with Crippen molar-refractivity contribution < 1.29 is 9.52 Å². The van der Waals surface area contributed by atoms with Gasteiger partial charge in [0.1, 0.15) is 0 Å². The minimum absolute atomic E-state index is 0.0604. The SMILES string of the molecule is [Cl][Fe]([Cl])([CH]1C=CC=C1)([CH]1C=CC=C1)[P](c1ccccc1)c1ccccc1. The van der Waals surface area contributed by atoms with Crippen LogP contribution in [0.1, 0.15) is 0 Å². The molecule has 2 aromatic carbocycles. The molecule has 2 aliphatic rings. The van der Waals surface area contributed by atoms with Crippen molar-refractivity contribution in [1.29, 1.82) is 0 Å². The van der Waals surface area contributed by atoms with Crippen molar-refractivity contribution >= 4 is 37.4 Å². The van der Waals surface area contributed by atoms with E-state index in [1.165, 1.54) is 10.6 Å². The van der Waals surface area contributed by atoms with E-state index in [4.69, 9.17) is 20.2 Å². The first-order valence-electron chi connectivity index (χ1n) is 8.44. The molecule has 0 saturated carbocycles. The topological polar surface area (TPSA) is 0 Å². The third-order valence-corrected chi connectivity index (χ3v) is 22.2. The van der Waals surface area contributed by atoms with Crippen LogP contribution in [0.2, 0.25) is 9.63 Å². The molecule has 0 saturated heterocycles. The molecule has 0 aliphatic heterocycles. The first-order chi connectivity index (χ1) is 12.6. The predicted molar refractivity (Wildman–Crippen MR) is 115 cm³/mol. The Hall–Kier alpha value is -1.07. The molecule has 26 heavy (non-hydrogen) atoms. The zero-order valence-corrected chi connectivity index (χ0v) is 17.6. The molecule has 0 atom stereocenters. The van der Waals surface area contributed by atoms with E-state index in [-0.39, 0.29) is 9.63 Å². The summed E-state index contributed by atoms with van der Waals surface area (Å²) in [5.41, 5.74) is 0. The van der Waals surface area contributed by atoms with Crippen LogP contribution in [-0.4, -0.2) is 0 Å². The van der Waals surface area contributed by atoms with E-state index in [1.54, 1.807) is 0 Å². The summed E-state index contributed by atoms with van der Waals surface area (Å²) in [5, 5.41) is 2.48. The molecule has 0 aromatic heterocycles. The molecule has 0 spiro atoms. The van der Waals surface area contributed by atoms with Crippen LogP contribution in [0.25, 0.3) is 0 Å². The summed E-state index contributed by atoms with van der Waals surface area (Å²) in [6, 6.07) is 21.1. The van der Waals surface area contributed by atoms with Crippen LogP contribution >= 0.6 is 26.8 Å². The van der Waals surface area contributed by atoms with Crippen molar-refractivity contribution in [3.8, 4) is 0 Å². The van der Waals surface area contributed by atoms with Crippen molar-refractivity contribution in [3.63, 3.8) is 0 Å². The molecule has 2 aliphatic carbocycles. The predicted octanol–water partition coefficient (Wildman–Crippen LogP) is 6.86. The Morgan fingerprint density at radius 1 is 0.577 bits per heavy atom. The molecular weight excluding hydrogens is 422 g/mol. The van der Waals surface area contributed by atoms with Gasteiger partial charge in [-0.25, -0.2) is 0 Å². The molecule has 0 bridgehead atoms. The Morgan fingerprint density at radius 2 is 0.923 bits per heavy atom. The summed E-state index contributed by atoms with van der Waals surface area (Å²) in [5.74, 6) is 0. The fourth-order valence-corrected chi connectivity index (χ4v) is 20.4. The molecule has 0 fully saturated rings. The van der Waals surface area contributed by atoms with Crippen molar-refractivity contribution in [2.75, 3.05) is 0 Å². The second-order valence-electron chi connectivity index (χ2n) is 6.12. The average molecular weight is 442 g/mol. The molecule has 4 heteroatoms. The molecule has 4 rings (SSSR count). The van der Waals surface area contributed by atoms with Crippen LogP contribution in [0.5, 0.6) is 0 Å². The number of allylic oxidation sites excluding steroid dienone is 8.